The van der Waals surface area contributed by atoms with Crippen LogP contribution in [-0.2, 0) is 16.4 Å². The molecular weight excluding hydrogens is 242 g/mol. The second kappa shape index (κ2) is 6.37. The topological polar surface area (TPSA) is 46.2 Å². The van der Waals surface area contributed by atoms with Gasteiger partial charge in [0, 0.05) is 11.4 Å². The highest BCUT2D eigenvalue weighted by molar-refractivity contribution is 7.91. The summed E-state index contributed by atoms with van der Waals surface area (Å²) in [6.07, 6.45) is 3.95. The van der Waals surface area contributed by atoms with E-state index in [4.69, 9.17) is 0 Å². The Morgan fingerprint density at radius 2 is 2.00 bits per heavy atom. The second-order valence-electron chi connectivity index (χ2n) is 3.68. The number of nitrogens with one attached hydrogen (secondary N) is 1. The van der Waals surface area contributed by atoms with Gasteiger partial charge in [0.15, 0.2) is 0 Å². The van der Waals surface area contributed by atoms with Gasteiger partial charge in [-0.3, -0.25) is 0 Å². The van der Waals surface area contributed by atoms with Gasteiger partial charge in [0.05, 0.1) is 0 Å². The molecule has 0 aliphatic carbocycles. The number of thiophene rings is 1. The van der Waals surface area contributed by atoms with Gasteiger partial charge in [0.1, 0.15) is 4.21 Å². The summed E-state index contributed by atoms with van der Waals surface area (Å²) in [5.41, 5.74) is 0. The summed E-state index contributed by atoms with van der Waals surface area (Å²) in [6, 6.07) is 3.57. The Labute approximate surface area is 102 Å². The quantitative estimate of drug-likeness (QED) is 0.767. The van der Waals surface area contributed by atoms with E-state index in [-0.39, 0.29) is 0 Å². The van der Waals surface area contributed by atoms with Gasteiger partial charge in [-0.1, -0.05) is 26.7 Å². The Hall–Kier alpha value is -0.390. The molecular formula is C11H19NO2S2. The van der Waals surface area contributed by atoms with Crippen LogP contribution in [0.15, 0.2) is 16.3 Å². The smallest absolute Gasteiger partial charge is 0.210 e. The first-order chi connectivity index (χ1) is 7.60. The Bertz CT molecular complexity index is 409. The lowest BCUT2D eigenvalue weighted by molar-refractivity contribution is 0.578. The molecule has 16 heavy (non-hydrogen) atoms. The molecule has 0 amide bonds. The van der Waals surface area contributed by atoms with Crippen LogP contribution < -0.4 is 4.72 Å². The van der Waals surface area contributed by atoms with Crippen molar-refractivity contribution in [1.82, 2.24) is 4.72 Å². The Kier molecular flexibility index (Phi) is 5.44. The maximum atomic E-state index is 11.8. The van der Waals surface area contributed by atoms with E-state index in [0.29, 0.717) is 10.8 Å². The SMILES string of the molecule is CCCCCNS(=O)(=O)c1ccc(CC)s1. The normalized spacial score (nSPS) is 11.9. The van der Waals surface area contributed by atoms with Crippen molar-refractivity contribution in [3.63, 3.8) is 0 Å². The van der Waals surface area contributed by atoms with Gasteiger partial charge in [0.25, 0.3) is 0 Å². The summed E-state index contributed by atoms with van der Waals surface area (Å²) < 4.78 is 26.7. The van der Waals surface area contributed by atoms with Gasteiger partial charge in [-0.05, 0) is 25.0 Å². The van der Waals surface area contributed by atoms with Crippen molar-refractivity contribution in [3.05, 3.63) is 17.0 Å². The van der Waals surface area contributed by atoms with Crippen LogP contribution in [0.3, 0.4) is 0 Å². The molecule has 0 bridgehead atoms. The maximum Gasteiger partial charge on any atom is 0.250 e. The van der Waals surface area contributed by atoms with E-state index in [1.807, 2.05) is 13.0 Å². The zero-order valence-electron chi connectivity index (χ0n) is 9.82. The van der Waals surface area contributed by atoms with Crippen LogP contribution in [0.5, 0.6) is 0 Å². The minimum absolute atomic E-state index is 0.431. The van der Waals surface area contributed by atoms with Crippen LogP contribution in [0, 0.1) is 0 Å². The van der Waals surface area contributed by atoms with E-state index in [0.717, 1.165) is 30.6 Å². The number of rotatable bonds is 7. The summed E-state index contributed by atoms with van der Waals surface area (Å²) in [5.74, 6) is 0. The molecule has 0 aliphatic heterocycles. The number of hydrogen-bond acceptors (Lipinski definition) is 3. The van der Waals surface area contributed by atoms with Crippen molar-refractivity contribution in [1.29, 1.82) is 0 Å². The molecule has 0 atom stereocenters. The minimum Gasteiger partial charge on any atom is -0.210 e. The minimum atomic E-state index is -3.26. The van der Waals surface area contributed by atoms with Gasteiger partial charge < -0.3 is 0 Å². The number of sulfonamides is 1. The monoisotopic (exact) mass is 261 g/mol. The third kappa shape index (κ3) is 3.88. The van der Waals surface area contributed by atoms with Crippen LogP contribution in [0.4, 0.5) is 0 Å². The van der Waals surface area contributed by atoms with Crippen LogP contribution in [0.1, 0.15) is 38.0 Å². The van der Waals surface area contributed by atoms with E-state index in [1.54, 1.807) is 6.07 Å². The molecule has 1 N–H and O–H groups in total. The van der Waals surface area contributed by atoms with Gasteiger partial charge in [-0.25, -0.2) is 13.1 Å². The Morgan fingerprint density at radius 3 is 2.56 bits per heavy atom. The van der Waals surface area contributed by atoms with E-state index >= 15 is 0 Å². The highest BCUT2D eigenvalue weighted by atomic mass is 32.2. The first-order valence-electron chi connectivity index (χ1n) is 5.68. The molecule has 0 saturated heterocycles. The fraction of sp³-hybridized carbons (Fsp3) is 0.636. The summed E-state index contributed by atoms with van der Waals surface area (Å²) in [5, 5.41) is 0. The summed E-state index contributed by atoms with van der Waals surface area (Å²) in [6.45, 7) is 4.66. The van der Waals surface area contributed by atoms with Crippen LogP contribution in [-0.4, -0.2) is 15.0 Å². The molecule has 0 spiro atoms. The number of hydrogen-bond donors (Lipinski definition) is 1. The molecule has 1 aromatic heterocycles. The molecule has 3 nitrogen and oxygen atoms in total. The Balaban J connectivity index is 2.56. The van der Waals surface area contributed by atoms with Gasteiger partial charge in [-0.2, -0.15) is 0 Å². The highest BCUT2D eigenvalue weighted by Crippen LogP contribution is 2.21. The molecule has 5 heteroatoms. The van der Waals surface area contributed by atoms with E-state index < -0.39 is 10.0 Å². The second-order valence-corrected chi connectivity index (χ2v) is 6.84. The summed E-state index contributed by atoms with van der Waals surface area (Å²) >= 11 is 1.35. The standard InChI is InChI=1S/C11H19NO2S2/c1-3-5-6-9-12-16(13,14)11-8-7-10(4-2)15-11/h7-8,12H,3-6,9H2,1-2H3. The number of unbranched alkanes of at least 4 members (excludes halogenated alkanes) is 2. The van der Waals surface area contributed by atoms with Crippen LogP contribution >= 0.6 is 11.3 Å². The fourth-order valence-corrected chi connectivity index (χ4v) is 3.76. The predicted molar refractivity (Wildman–Crippen MR) is 68.4 cm³/mol. The van der Waals surface area contributed by atoms with E-state index in [2.05, 4.69) is 11.6 Å². The van der Waals surface area contributed by atoms with Crippen molar-refractivity contribution in [2.45, 2.75) is 43.7 Å². The molecule has 92 valence electrons. The largest absolute Gasteiger partial charge is 0.250 e. The van der Waals surface area contributed by atoms with Crippen LogP contribution in [0.25, 0.3) is 0 Å². The lowest BCUT2D eigenvalue weighted by Gasteiger charge is -2.03. The average Bonchev–Trinajstić information content (AvgIpc) is 2.73. The average molecular weight is 261 g/mol. The lowest BCUT2D eigenvalue weighted by atomic mass is 10.3. The van der Waals surface area contributed by atoms with Crippen molar-refractivity contribution < 1.29 is 8.42 Å². The summed E-state index contributed by atoms with van der Waals surface area (Å²) in [4.78, 5) is 1.11. The maximum absolute atomic E-state index is 11.8. The predicted octanol–water partition coefficient (Wildman–Crippen LogP) is 2.78. The molecule has 1 aromatic rings. The fourth-order valence-electron chi connectivity index (χ4n) is 1.35. The molecule has 0 aromatic carbocycles. The molecule has 1 heterocycles. The molecule has 0 fully saturated rings. The molecule has 1 rings (SSSR count). The van der Waals surface area contributed by atoms with E-state index in [9.17, 15) is 8.42 Å². The van der Waals surface area contributed by atoms with Crippen molar-refractivity contribution >= 4 is 21.4 Å². The third-order valence-corrected chi connectivity index (χ3v) is 5.51. The molecule has 0 unspecified atom stereocenters. The first-order valence-corrected chi connectivity index (χ1v) is 7.98. The summed E-state index contributed by atoms with van der Waals surface area (Å²) in [7, 11) is -3.26. The molecule has 0 radical (unpaired) electrons. The zero-order chi connectivity index (χ0) is 12.0. The Morgan fingerprint density at radius 1 is 1.25 bits per heavy atom. The van der Waals surface area contributed by atoms with Crippen LogP contribution in [0.2, 0.25) is 0 Å². The first kappa shape index (κ1) is 13.7. The third-order valence-electron chi connectivity index (χ3n) is 2.32. The van der Waals surface area contributed by atoms with Gasteiger partial charge >= 0.3 is 0 Å². The van der Waals surface area contributed by atoms with Crippen molar-refractivity contribution in [2.24, 2.45) is 0 Å². The molecule has 0 aliphatic rings. The number of aryl methyl sites for hydroxylation is 1. The van der Waals surface area contributed by atoms with E-state index in [1.165, 1.54) is 11.3 Å². The lowest BCUT2D eigenvalue weighted by Crippen LogP contribution is -2.23. The molecule has 0 saturated carbocycles. The van der Waals surface area contributed by atoms with Crippen molar-refractivity contribution in [2.75, 3.05) is 6.54 Å². The zero-order valence-corrected chi connectivity index (χ0v) is 11.5. The highest BCUT2D eigenvalue weighted by Gasteiger charge is 2.15. The van der Waals surface area contributed by atoms with Crippen molar-refractivity contribution in [3.8, 4) is 0 Å². The van der Waals surface area contributed by atoms with Gasteiger partial charge in [0.2, 0.25) is 10.0 Å². The van der Waals surface area contributed by atoms with Gasteiger partial charge in [-0.15, -0.1) is 11.3 Å².